The smallest absolute Gasteiger partial charge is 0.0667 e. The van der Waals surface area contributed by atoms with Gasteiger partial charge in [-0.05, 0) is 36.1 Å². The Morgan fingerprint density at radius 1 is 1.21 bits per heavy atom. The van der Waals surface area contributed by atoms with E-state index >= 15 is 0 Å². The van der Waals surface area contributed by atoms with Crippen LogP contribution in [0.25, 0.3) is 5.52 Å². The summed E-state index contributed by atoms with van der Waals surface area (Å²) in [5.41, 5.74) is 3.94. The lowest BCUT2D eigenvalue weighted by Crippen LogP contribution is -2.12. The number of rotatable bonds is 0. The number of hydrogen-bond donors (Lipinski definition) is 0. The number of aryl methyl sites for hydroxylation is 1. The van der Waals surface area contributed by atoms with Crippen LogP contribution in [-0.4, -0.2) is 9.61 Å². The zero-order valence-electron chi connectivity index (χ0n) is 9.20. The molecule has 0 spiro atoms. The minimum absolute atomic E-state index is 0.205. The Labute approximate surface area is 84.6 Å². The summed E-state index contributed by atoms with van der Waals surface area (Å²) in [4.78, 5) is 0. The number of fused-ring (bicyclic) bond motifs is 1. The van der Waals surface area contributed by atoms with Crippen molar-refractivity contribution in [3.63, 3.8) is 0 Å². The molecule has 0 radical (unpaired) electrons. The standard InChI is InChI=1S/C12H16N2/c1-9-7-10(12(2,3)4)8-11-5-6-13-14(9)11/h5-8H,1-4H3. The third-order valence-electron chi connectivity index (χ3n) is 2.54. The molecule has 0 unspecified atom stereocenters. The van der Waals surface area contributed by atoms with Crippen LogP contribution >= 0.6 is 0 Å². The molecule has 0 fully saturated rings. The zero-order valence-corrected chi connectivity index (χ0v) is 9.20. The summed E-state index contributed by atoms with van der Waals surface area (Å²) in [7, 11) is 0. The van der Waals surface area contributed by atoms with E-state index in [2.05, 4.69) is 44.9 Å². The van der Waals surface area contributed by atoms with Crippen LogP contribution in [0, 0.1) is 6.92 Å². The highest BCUT2D eigenvalue weighted by Crippen LogP contribution is 2.24. The van der Waals surface area contributed by atoms with Gasteiger partial charge in [0.05, 0.1) is 5.52 Å². The molecular formula is C12H16N2. The van der Waals surface area contributed by atoms with Crippen molar-refractivity contribution < 1.29 is 0 Å². The van der Waals surface area contributed by atoms with Crippen molar-refractivity contribution in [2.45, 2.75) is 33.1 Å². The topological polar surface area (TPSA) is 17.3 Å². The van der Waals surface area contributed by atoms with Gasteiger partial charge in [-0.25, -0.2) is 4.52 Å². The molecule has 0 amide bonds. The Hall–Kier alpha value is -1.31. The van der Waals surface area contributed by atoms with E-state index in [0.29, 0.717) is 0 Å². The van der Waals surface area contributed by atoms with Gasteiger partial charge in [0, 0.05) is 11.9 Å². The monoisotopic (exact) mass is 188 g/mol. The fourth-order valence-corrected chi connectivity index (χ4v) is 1.64. The molecule has 0 aliphatic rings. The van der Waals surface area contributed by atoms with Crippen molar-refractivity contribution in [3.8, 4) is 0 Å². The van der Waals surface area contributed by atoms with Gasteiger partial charge < -0.3 is 0 Å². The van der Waals surface area contributed by atoms with Gasteiger partial charge in [0.2, 0.25) is 0 Å². The maximum atomic E-state index is 4.26. The molecule has 14 heavy (non-hydrogen) atoms. The predicted octanol–water partition coefficient (Wildman–Crippen LogP) is 2.94. The molecule has 2 aromatic rings. The lowest BCUT2D eigenvalue weighted by molar-refractivity contribution is 0.588. The largest absolute Gasteiger partial charge is 0.238 e. The molecule has 2 heteroatoms. The van der Waals surface area contributed by atoms with E-state index in [-0.39, 0.29) is 5.41 Å². The van der Waals surface area contributed by atoms with E-state index in [0.717, 1.165) is 0 Å². The van der Waals surface area contributed by atoms with Crippen LogP contribution in [0.3, 0.4) is 0 Å². The zero-order chi connectivity index (χ0) is 10.3. The van der Waals surface area contributed by atoms with Crippen molar-refractivity contribution >= 4 is 5.52 Å². The summed E-state index contributed by atoms with van der Waals surface area (Å²) in [6.45, 7) is 8.78. The average molecular weight is 188 g/mol. The Balaban J connectivity index is 2.70. The minimum atomic E-state index is 0.205. The molecular weight excluding hydrogens is 172 g/mol. The predicted molar refractivity (Wildman–Crippen MR) is 58.6 cm³/mol. The molecule has 0 bridgehead atoms. The molecule has 0 aromatic carbocycles. The van der Waals surface area contributed by atoms with Crippen molar-refractivity contribution in [1.82, 2.24) is 9.61 Å². The van der Waals surface area contributed by atoms with E-state index in [1.165, 1.54) is 16.8 Å². The Kier molecular flexibility index (Phi) is 1.88. The quantitative estimate of drug-likeness (QED) is 0.621. The van der Waals surface area contributed by atoms with Crippen molar-refractivity contribution in [2.24, 2.45) is 0 Å². The van der Waals surface area contributed by atoms with Crippen molar-refractivity contribution in [3.05, 3.63) is 35.7 Å². The summed E-state index contributed by atoms with van der Waals surface area (Å²) < 4.78 is 1.97. The first kappa shape index (κ1) is 9.25. The lowest BCUT2D eigenvalue weighted by Gasteiger charge is -2.19. The van der Waals surface area contributed by atoms with Gasteiger partial charge in [0.15, 0.2) is 0 Å². The van der Waals surface area contributed by atoms with Gasteiger partial charge >= 0.3 is 0 Å². The lowest BCUT2D eigenvalue weighted by atomic mass is 9.87. The highest BCUT2D eigenvalue weighted by atomic mass is 15.2. The van der Waals surface area contributed by atoms with Crippen LogP contribution in [0.5, 0.6) is 0 Å². The van der Waals surface area contributed by atoms with Gasteiger partial charge in [-0.15, -0.1) is 0 Å². The molecule has 0 aliphatic heterocycles. The summed E-state index contributed by atoms with van der Waals surface area (Å²) >= 11 is 0. The second-order valence-electron chi connectivity index (χ2n) is 4.80. The molecule has 0 atom stereocenters. The van der Waals surface area contributed by atoms with Gasteiger partial charge in [0.25, 0.3) is 0 Å². The fraction of sp³-hybridized carbons (Fsp3) is 0.417. The maximum Gasteiger partial charge on any atom is 0.0667 e. The molecule has 0 aliphatic carbocycles. The highest BCUT2D eigenvalue weighted by molar-refractivity contribution is 5.50. The van der Waals surface area contributed by atoms with Gasteiger partial charge in [0.1, 0.15) is 0 Å². The number of nitrogens with zero attached hydrogens (tertiary/aromatic N) is 2. The average Bonchev–Trinajstić information content (AvgIpc) is 2.50. The molecule has 2 nitrogen and oxygen atoms in total. The maximum absolute atomic E-state index is 4.26. The van der Waals surface area contributed by atoms with Crippen molar-refractivity contribution in [2.75, 3.05) is 0 Å². The van der Waals surface area contributed by atoms with Crippen LogP contribution in [0.15, 0.2) is 24.4 Å². The second kappa shape index (κ2) is 2.84. The normalized spacial score (nSPS) is 12.3. The molecule has 0 N–H and O–H groups in total. The minimum Gasteiger partial charge on any atom is -0.238 e. The first-order valence-electron chi connectivity index (χ1n) is 4.93. The first-order valence-corrected chi connectivity index (χ1v) is 4.93. The fourth-order valence-electron chi connectivity index (χ4n) is 1.64. The highest BCUT2D eigenvalue weighted by Gasteiger charge is 2.15. The Morgan fingerprint density at radius 3 is 2.57 bits per heavy atom. The van der Waals surface area contributed by atoms with E-state index in [1.807, 2.05) is 16.8 Å². The van der Waals surface area contributed by atoms with Crippen molar-refractivity contribution in [1.29, 1.82) is 0 Å². The van der Waals surface area contributed by atoms with Crippen LogP contribution in [0.2, 0.25) is 0 Å². The first-order chi connectivity index (χ1) is 6.48. The number of aromatic nitrogens is 2. The molecule has 2 rings (SSSR count). The summed E-state index contributed by atoms with van der Waals surface area (Å²) in [6, 6.07) is 6.46. The van der Waals surface area contributed by atoms with E-state index in [9.17, 15) is 0 Å². The second-order valence-corrected chi connectivity index (χ2v) is 4.80. The van der Waals surface area contributed by atoms with E-state index in [4.69, 9.17) is 0 Å². The summed E-state index contributed by atoms with van der Waals surface area (Å²) in [5, 5.41) is 4.26. The van der Waals surface area contributed by atoms with Crippen LogP contribution in [0.1, 0.15) is 32.0 Å². The molecule has 0 saturated carbocycles. The Bertz CT molecular complexity index is 461. The Morgan fingerprint density at radius 2 is 1.93 bits per heavy atom. The van der Waals surface area contributed by atoms with Gasteiger partial charge in [-0.3, -0.25) is 0 Å². The van der Waals surface area contributed by atoms with Crippen LogP contribution < -0.4 is 0 Å². The van der Waals surface area contributed by atoms with Gasteiger partial charge in [-0.2, -0.15) is 5.10 Å². The summed E-state index contributed by atoms with van der Waals surface area (Å²) in [6.07, 6.45) is 1.84. The molecule has 0 saturated heterocycles. The van der Waals surface area contributed by atoms with Crippen LogP contribution in [0.4, 0.5) is 0 Å². The third kappa shape index (κ3) is 1.41. The SMILES string of the molecule is Cc1cc(C(C)(C)C)cc2ccnn12. The summed E-state index contributed by atoms with van der Waals surface area (Å²) in [5.74, 6) is 0. The van der Waals surface area contributed by atoms with E-state index < -0.39 is 0 Å². The molecule has 74 valence electrons. The number of pyridine rings is 1. The van der Waals surface area contributed by atoms with E-state index in [1.54, 1.807) is 0 Å². The third-order valence-corrected chi connectivity index (χ3v) is 2.54. The molecule has 2 aromatic heterocycles. The number of hydrogen-bond acceptors (Lipinski definition) is 1. The van der Waals surface area contributed by atoms with Gasteiger partial charge in [-0.1, -0.05) is 20.8 Å². The van der Waals surface area contributed by atoms with Crippen LogP contribution in [-0.2, 0) is 5.41 Å². The molecule has 2 heterocycles.